The number of hydrogen-bond donors (Lipinski definition) is 3. The third-order valence-electron chi connectivity index (χ3n) is 5.36. The first kappa shape index (κ1) is 57.4. The van der Waals surface area contributed by atoms with Gasteiger partial charge in [0.2, 0.25) is 0 Å². The van der Waals surface area contributed by atoms with Gasteiger partial charge in [0.15, 0.2) is 0 Å². The van der Waals surface area contributed by atoms with Crippen LogP contribution in [0.25, 0.3) is 0 Å². The van der Waals surface area contributed by atoms with Gasteiger partial charge in [-0.3, -0.25) is 0 Å². The van der Waals surface area contributed by atoms with Gasteiger partial charge in [0.25, 0.3) is 0 Å². The van der Waals surface area contributed by atoms with Gasteiger partial charge in [-0.1, -0.05) is 138 Å². The summed E-state index contributed by atoms with van der Waals surface area (Å²) < 4.78 is 0. The summed E-state index contributed by atoms with van der Waals surface area (Å²) in [7, 11) is 0. The normalized spacial score (nSPS) is 12.7. The van der Waals surface area contributed by atoms with Crippen LogP contribution < -0.4 is 4.90 Å². The number of para-hydroxylation sites is 1. The minimum atomic E-state index is -0.0136. The number of aliphatic hydroxyl groups excluding tert-OH is 3. The molecule has 0 radical (unpaired) electrons. The Bertz CT molecular complexity index is 646. The predicted octanol–water partition coefficient (Wildman–Crippen LogP) is 12.7. The number of rotatable bonds is 5. The van der Waals surface area contributed by atoms with E-state index in [0.29, 0.717) is 5.92 Å². The first-order valence-corrected chi connectivity index (χ1v) is 17.6. The molecule has 2 fully saturated rings. The highest BCUT2D eigenvalue weighted by molar-refractivity contribution is 5.47. The van der Waals surface area contributed by atoms with Crippen LogP contribution in [0.2, 0.25) is 0 Å². The summed E-state index contributed by atoms with van der Waals surface area (Å²) in [6, 6.07) is 10.6. The predicted molar refractivity (Wildman–Crippen MR) is 207 cm³/mol. The van der Waals surface area contributed by atoms with Crippen molar-refractivity contribution in [2.75, 3.05) is 24.6 Å². The number of allylic oxidation sites excluding steroid dienone is 3. The molecular formula is C40H81NO3. The van der Waals surface area contributed by atoms with Crippen LogP contribution in [0, 0.1) is 5.92 Å². The van der Waals surface area contributed by atoms with Crippen molar-refractivity contribution in [3.05, 3.63) is 79.6 Å². The van der Waals surface area contributed by atoms with E-state index in [0.717, 1.165) is 12.0 Å². The van der Waals surface area contributed by atoms with Gasteiger partial charge in [-0.25, -0.2) is 0 Å². The van der Waals surface area contributed by atoms with Crippen LogP contribution in [0.4, 0.5) is 5.69 Å². The zero-order valence-electron chi connectivity index (χ0n) is 32.3. The molecule has 44 heavy (non-hydrogen) atoms. The quantitative estimate of drug-likeness (QED) is 0.173. The molecule has 1 aromatic carbocycles. The summed E-state index contributed by atoms with van der Waals surface area (Å²) in [6.45, 7) is 40.2. The average Bonchev–Trinajstić information content (AvgIpc) is 3.09. The summed E-state index contributed by atoms with van der Waals surface area (Å²) in [4.78, 5) is 2.39. The van der Waals surface area contributed by atoms with E-state index < -0.39 is 0 Å². The van der Waals surface area contributed by atoms with Crippen molar-refractivity contribution in [2.45, 2.75) is 148 Å². The fourth-order valence-corrected chi connectivity index (χ4v) is 3.18. The van der Waals surface area contributed by atoms with Gasteiger partial charge in [-0.05, 0) is 76.7 Å². The van der Waals surface area contributed by atoms with Crippen molar-refractivity contribution >= 4 is 5.69 Å². The van der Waals surface area contributed by atoms with E-state index in [1.165, 1.54) is 63.4 Å². The van der Waals surface area contributed by atoms with Crippen molar-refractivity contribution in [1.29, 1.82) is 0 Å². The summed E-state index contributed by atoms with van der Waals surface area (Å²) >= 11 is 0. The standard InChI is InChI=1S/C9H11N.C9H18O.C5H8O.C4H8O.C3H6.5C2H6/c1-2-5-9(6-3-1)10-7-4-8-10;1-2-9(10)8-6-4-3-5-7-8;1-3-5(6)4-2;1-4(2)3-5;1-3-2;5*1-2/h1-3,5-6H,4,7-8H2;8-10H,2-7H2,1H3;3-4,6H,1H2,2H3;5H,1,3H2,2H3;3H,1H2,2H3;5*1-2H3/b;;5-4+;;;;;;;. The molecule has 1 heterocycles. The lowest BCUT2D eigenvalue weighted by Gasteiger charge is -2.33. The zero-order valence-corrected chi connectivity index (χ0v) is 32.3. The van der Waals surface area contributed by atoms with Crippen LogP contribution in [0.5, 0.6) is 0 Å². The summed E-state index contributed by atoms with van der Waals surface area (Å²) in [5, 5.41) is 25.9. The minimum Gasteiger partial charge on any atom is -0.508 e. The van der Waals surface area contributed by atoms with Gasteiger partial charge >= 0.3 is 0 Å². The second kappa shape index (κ2) is 56.5. The molecule has 3 N–H and O–H groups in total. The van der Waals surface area contributed by atoms with E-state index in [4.69, 9.17) is 10.2 Å². The van der Waals surface area contributed by atoms with E-state index in [1.54, 1.807) is 26.0 Å². The van der Waals surface area contributed by atoms with Crippen LogP contribution in [-0.4, -0.2) is 41.1 Å². The molecular weight excluding hydrogens is 542 g/mol. The Labute approximate surface area is 278 Å². The summed E-state index contributed by atoms with van der Waals surface area (Å²) in [5.41, 5.74) is 2.18. The molecule has 4 nitrogen and oxygen atoms in total. The topological polar surface area (TPSA) is 63.9 Å². The molecule has 1 aliphatic carbocycles. The Morgan fingerprint density at radius 1 is 0.841 bits per heavy atom. The Balaban J connectivity index is -0.0000000755. The highest BCUT2D eigenvalue weighted by Crippen LogP contribution is 2.27. The number of hydrogen-bond acceptors (Lipinski definition) is 4. The fourth-order valence-electron chi connectivity index (χ4n) is 3.18. The largest absolute Gasteiger partial charge is 0.508 e. The van der Waals surface area contributed by atoms with E-state index in [-0.39, 0.29) is 18.5 Å². The van der Waals surface area contributed by atoms with Crippen molar-refractivity contribution in [3.63, 3.8) is 0 Å². The van der Waals surface area contributed by atoms with Gasteiger partial charge in [0.1, 0.15) is 5.76 Å². The van der Waals surface area contributed by atoms with Crippen molar-refractivity contribution in [1.82, 2.24) is 0 Å². The van der Waals surface area contributed by atoms with Crippen LogP contribution in [0.15, 0.2) is 79.6 Å². The molecule has 264 valence electrons. The molecule has 0 bridgehead atoms. The Hall–Kier alpha value is -2.30. The monoisotopic (exact) mass is 624 g/mol. The molecule has 2 aliphatic rings. The van der Waals surface area contributed by atoms with Crippen LogP contribution in [0.1, 0.15) is 142 Å². The maximum Gasteiger partial charge on any atom is 0.110 e. The average molecular weight is 624 g/mol. The Kier molecular flexibility index (Phi) is 73.6. The molecule has 1 aliphatic heterocycles. The van der Waals surface area contributed by atoms with E-state index in [1.807, 2.05) is 76.2 Å². The summed E-state index contributed by atoms with van der Waals surface area (Å²) in [6.07, 6.45) is 13.6. The molecule has 0 amide bonds. The Morgan fingerprint density at radius 3 is 1.45 bits per heavy atom. The second-order valence-corrected chi connectivity index (χ2v) is 8.49. The first-order valence-electron chi connectivity index (χ1n) is 17.6. The van der Waals surface area contributed by atoms with E-state index in [2.05, 4.69) is 61.9 Å². The van der Waals surface area contributed by atoms with Gasteiger partial charge in [0, 0.05) is 18.8 Å². The maximum atomic E-state index is 9.48. The third kappa shape index (κ3) is 46.7. The van der Waals surface area contributed by atoms with Crippen molar-refractivity contribution in [3.8, 4) is 0 Å². The van der Waals surface area contributed by atoms with E-state index in [9.17, 15) is 5.11 Å². The number of nitrogens with zero attached hydrogens (tertiary/aromatic N) is 1. The molecule has 0 aromatic heterocycles. The molecule has 1 unspecified atom stereocenters. The molecule has 0 spiro atoms. The molecule has 1 aromatic rings. The highest BCUT2D eigenvalue weighted by atomic mass is 16.3. The smallest absolute Gasteiger partial charge is 0.110 e. The lowest BCUT2D eigenvalue weighted by atomic mass is 9.84. The number of benzene rings is 1. The molecule has 4 heteroatoms. The van der Waals surface area contributed by atoms with Crippen molar-refractivity contribution in [2.24, 2.45) is 5.92 Å². The van der Waals surface area contributed by atoms with Crippen LogP contribution in [-0.2, 0) is 0 Å². The number of anilines is 1. The van der Waals surface area contributed by atoms with Gasteiger partial charge in [0.05, 0.1) is 12.7 Å². The van der Waals surface area contributed by atoms with Gasteiger partial charge < -0.3 is 20.2 Å². The first-order chi connectivity index (χ1) is 21.3. The maximum absolute atomic E-state index is 9.48. The van der Waals surface area contributed by atoms with Crippen LogP contribution >= 0.6 is 0 Å². The Morgan fingerprint density at radius 2 is 1.23 bits per heavy atom. The number of aliphatic hydroxyl groups is 3. The molecule has 1 atom stereocenters. The molecule has 1 saturated heterocycles. The highest BCUT2D eigenvalue weighted by Gasteiger charge is 2.19. The van der Waals surface area contributed by atoms with Gasteiger partial charge in [-0.15, -0.1) is 6.58 Å². The summed E-state index contributed by atoms with van der Waals surface area (Å²) in [5.74, 6) is 0.855. The fraction of sp³-hybridized carbons (Fsp3) is 0.650. The second-order valence-electron chi connectivity index (χ2n) is 8.49. The minimum absolute atomic E-state index is 0.0136. The third-order valence-corrected chi connectivity index (χ3v) is 5.36. The zero-order chi connectivity index (χ0) is 36.2. The van der Waals surface area contributed by atoms with E-state index >= 15 is 0 Å². The lowest BCUT2D eigenvalue weighted by molar-refractivity contribution is 0.0816. The van der Waals surface area contributed by atoms with Crippen LogP contribution in [0.3, 0.4) is 0 Å². The van der Waals surface area contributed by atoms with Gasteiger partial charge in [-0.2, -0.15) is 0 Å². The molecule has 1 saturated carbocycles. The lowest BCUT2D eigenvalue weighted by Crippen LogP contribution is -2.36. The van der Waals surface area contributed by atoms with Crippen molar-refractivity contribution < 1.29 is 15.3 Å². The molecule has 3 rings (SSSR count). The SMILES string of the molecule is C=C(C)CO.C=C/C(O)=C\C.C=CC.CC.CC.CC.CC.CC.CCC(O)C1CCCCC1.c1ccc(N2CCC2)cc1.